The van der Waals surface area contributed by atoms with E-state index in [4.69, 9.17) is 0 Å². The Kier molecular flexibility index (Phi) is 4.63. The van der Waals surface area contributed by atoms with Gasteiger partial charge >= 0.3 is 0 Å². The maximum atomic E-state index is 4.67. The highest BCUT2D eigenvalue weighted by Crippen LogP contribution is 2.25. The predicted octanol–water partition coefficient (Wildman–Crippen LogP) is 6.14. The minimum atomic E-state index is 0.169. The van der Waals surface area contributed by atoms with Crippen LogP contribution in [-0.4, -0.2) is 10.8 Å². The lowest BCUT2D eigenvalue weighted by atomic mass is 9.87. The maximum absolute atomic E-state index is 4.67. The molecule has 3 aromatic rings. The highest BCUT2D eigenvalue weighted by Gasteiger charge is 2.13. The summed E-state index contributed by atoms with van der Waals surface area (Å²) in [5.41, 5.74) is 7.24. The summed E-state index contributed by atoms with van der Waals surface area (Å²) < 4.78 is 2.27. The van der Waals surface area contributed by atoms with E-state index in [0.29, 0.717) is 0 Å². The van der Waals surface area contributed by atoms with E-state index in [0.717, 1.165) is 11.3 Å². The van der Waals surface area contributed by atoms with Crippen molar-refractivity contribution in [1.29, 1.82) is 0 Å². The van der Waals surface area contributed by atoms with Crippen molar-refractivity contribution in [2.45, 2.75) is 40.0 Å². The summed E-state index contributed by atoms with van der Waals surface area (Å²) in [7, 11) is 0. The van der Waals surface area contributed by atoms with Crippen LogP contribution in [0.5, 0.6) is 0 Å². The van der Waals surface area contributed by atoms with Gasteiger partial charge < -0.3 is 4.57 Å². The van der Waals surface area contributed by atoms with Crippen LogP contribution in [0, 0.1) is 13.8 Å². The Morgan fingerprint density at radius 3 is 2.12 bits per heavy atom. The molecule has 0 aliphatic rings. The molecule has 1 heterocycles. The Labute approximate surface area is 150 Å². The number of para-hydroxylation sites is 1. The van der Waals surface area contributed by atoms with Crippen molar-refractivity contribution in [1.82, 2.24) is 4.57 Å². The van der Waals surface area contributed by atoms with Crippen molar-refractivity contribution >= 4 is 11.9 Å². The van der Waals surface area contributed by atoms with Crippen LogP contribution in [0.15, 0.2) is 65.7 Å². The number of hydrogen-bond donors (Lipinski definition) is 0. The molecule has 0 aliphatic heterocycles. The average Bonchev–Trinajstić information content (AvgIpc) is 2.87. The minimum Gasteiger partial charge on any atom is -0.318 e. The molecule has 0 saturated carbocycles. The second-order valence-corrected chi connectivity index (χ2v) is 7.55. The number of aliphatic imine (C=N–C) groups is 1. The van der Waals surface area contributed by atoms with Crippen LogP contribution in [0.4, 0.5) is 5.69 Å². The Hall–Kier alpha value is -2.61. The average molecular weight is 330 g/mol. The van der Waals surface area contributed by atoms with E-state index in [1.165, 1.54) is 22.6 Å². The van der Waals surface area contributed by atoms with Gasteiger partial charge in [0.2, 0.25) is 0 Å². The van der Waals surface area contributed by atoms with Gasteiger partial charge in [0.15, 0.2) is 0 Å². The van der Waals surface area contributed by atoms with Crippen molar-refractivity contribution in [3.05, 3.63) is 83.2 Å². The molecule has 0 fully saturated rings. The zero-order chi connectivity index (χ0) is 18.0. The van der Waals surface area contributed by atoms with E-state index in [1.54, 1.807) is 0 Å². The zero-order valence-electron chi connectivity index (χ0n) is 15.7. The van der Waals surface area contributed by atoms with Crippen LogP contribution in [0.1, 0.15) is 43.3 Å². The number of aromatic nitrogens is 1. The second-order valence-electron chi connectivity index (χ2n) is 7.55. The summed E-state index contributed by atoms with van der Waals surface area (Å²) in [6.45, 7) is 11.0. The molecule has 2 aromatic carbocycles. The van der Waals surface area contributed by atoms with Crippen LogP contribution >= 0.6 is 0 Å². The summed E-state index contributed by atoms with van der Waals surface area (Å²) in [4.78, 5) is 4.67. The van der Waals surface area contributed by atoms with Crippen molar-refractivity contribution < 1.29 is 0 Å². The fourth-order valence-corrected chi connectivity index (χ4v) is 3.08. The molecule has 25 heavy (non-hydrogen) atoms. The van der Waals surface area contributed by atoms with Gasteiger partial charge in [0, 0.05) is 28.9 Å². The Morgan fingerprint density at radius 2 is 1.52 bits per heavy atom. The third-order valence-electron chi connectivity index (χ3n) is 4.57. The van der Waals surface area contributed by atoms with Crippen molar-refractivity contribution in [2.75, 3.05) is 0 Å². The van der Waals surface area contributed by atoms with E-state index in [1.807, 2.05) is 12.3 Å². The summed E-state index contributed by atoms with van der Waals surface area (Å²) in [6.07, 6.45) is 1.97. The fraction of sp³-hybridized carbons (Fsp3) is 0.261. The molecular weight excluding hydrogens is 304 g/mol. The van der Waals surface area contributed by atoms with Gasteiger partial charge in [-0.2, -0.15) is 0 Å². The van der Waals surface area contributed by atoms with Crippen LogP contribution in [0.25, 0.3) is 5.69 Å². The quantitative estimate of drug-likeness (QED) is 0.513. The van der Waals surface area contributed by atoms with E-state index < -0.39 is 0 Å². The first-order chi connectivity index (χ1) is 11.9. The van der Waals surface area contributed by atoms with Gasteiger partial charge in [0.25, 0.3) is 0 Å². The molecule has 0 unspecified atom stereocenters. The second kappa shape index (κ2) is 6.72. The maximum Gasteiger partial charge on any atom is 0.0630 e. The van der Waals surface area contributed by atoms with Crippen molar-refractivity contribution in [3.63, 3.8) is 0 Å². The summed E-state index contributed by atoms with van der Waals surface area (Å²) in [6, 6.07) is 21.1. The molecule has 0 N–H and O–H groups in total. The van der Waals surface area contributed by atoms with Gasteiger partial charge in [-0.1, -0.05) is 51.1 Å². The smallest absolute Gasteiger partial charge is 0.0630 e. The highest BCUT2D eigenvalue weighted by molar-refractivity contribution is 5.84. The molecule has 0 spiro atoms. The monoisotopic (exact) mass is 330 g/mol. The summed E-state index contributed by atoms with van der Waals surface area (Å²) >= 11 is 0. The number of aryl methyl sites for hydroxylation is 1. The molecule has 0 bridgehead atoms. The van der Waals surface area contributed by atoms with Gasteiger partial charge in [-0.3, -0.25) is 4.99 Å². The lowest BCUT2D eigenvalue weighted by Gasteiger charge is -2.18. The summed E-state index contributed by atoms with van der Waals surface area (Å²) in [5, 5.41) is 0. The lowest BCUT2D eigenvalue weighted by Crippen LogP contribution is -2.10. The van der Waals surface area contributed by atoms with Gasteiger partial charge in [-0.15, -0.1) is 0 Å². The molecule has 0 aliphatic carbocycles. The Bertz CT molecular complexity index is 876. The molecule has 0 atom stereocenters. The number of nitrogens with zero attached hydrogens (tertiary/aromatic N) is 2. The van der Waals surface area contributed by atoms with Crippen LogP contribution < -0.4 is 0 Å². The predicted molar refractivity (Wildman–Crippen MR) is 108 cm³/mol. The number of rotatable bonds is 3. The van der Waals surface area contributed by atoms with Crippen LogP contribution in [0.3, 0.4) is 0 Å². The molecule has 128 valence electrons. The molecule has 0 radical (unpaired) electrons. The van der Waals surface area contributed by atoms with Crippen LogP contribution in [0.2, 0.25) is 0 Å². The van der Waals surface area contributed by atoms with Crippen LogP contribution in [-0.2, 0) is 5.41 Å². The molecule has 0 saturated heterocycles. The third-order valence-corrected chi connectivity index (χ3v) is 4.57. The Morgan fingerprint density at radius 1 is 0.880 bits per heavy atom. The topological polar surface area (TPSA) is 17.3 Å². The molecule has 1 aromatic heterocycles. The third kappa shape index (κ3) is 3.74. The molecule has 0 amide bonds. The molecule has 2 nitrogen and oxygen atoms in total. The standard InChI is InChI=1S/C23H26N2/c1-17-15-19(18(2)25(17)22-9-7-6-8-10-22)16-24-21-13-11-20(12-14-21)23(3,4)5/h6-16H,1-5H3. The first-order valence-corrected chi connectivity index (χ1v) is 8.75. The van der Waals surface area contributed by atoms with E-state index >= 15 is 0 Å². The highest BCUT2D eigenvalue weighted by atomic mass is 15.0. The molecular formula is C23H26N2. The lowest BCUT2D eigenvalue weighted by molar-refractivity contribution is 0.590. The summed E-state index contributed by atoms with van der Waals surface area (Å²) in [5.74, 6) is 0. The molecule has 2 heteroatoms. The minimum absolute atomic E-state index is 0.169. The first-order valence-electron chi connectivity index (χ1n) is 8.75. The fourth-order valence-electron chi connectivity index (χ4n) is 3.08. The van der Waals surface area contributed by atoms with E-state index in [2.05, 4.69) is 98.8 Å². The van der Waals surface area contributed by atoms with E-state index in [-0.39, 0.29) is 5.41 Å². The number of hydrogen-bond acceptors (Lipinski definition) is 1. The zero-order valence-corrected chi connectivity index (χ0v) is 15.7. The van der Waals surface area contributed by atoms with Gasteiger partial charge in [0.1, 0.15) is 0 Å². The SMILES string of the molecule is Cc1cc(C=Nc2ccc(C(C)(C)C)cc2)c(C)n1-c1ccccc1. The van der Waals surface area contributed by atoms with Gasteiger partial charge in [-0.05, 0) is 55.2 Å². The first kappa shape index (κ1) is 17.2. The number of benzene rings is 2. The van der Waals surface area contributed by atoms with Crippen molar-refractivity contribution in [2.24, 2.45) is 4.99 Å². The van der Waals surface area contributed by atoms with Crippen molar-refractivity contribution in [3.8, 4) is 5.69 Å². The normalized spacial score (nSPS) is 12.0. The van der Waals surface area contributed by atoms with Gasteiger partial charge in [-0.25, -0.2) is 0 Å². The van der Waals surface area contributed by atoms with E-state index in [9.17, 15) is 0 Å². The largest absolute Gasteiger partial charge is 0.318 e. The van der Waals surface area contributed by atoms with Gasteiger partial charge in [0.05, 0.1) is 5.69 Å². The Balaban J connectivity index is 1.88. The molecule has 3 rings (SSSR count).